The van der Waals surface area contributed by atoms with E-state index in [1.165, 1.54) is 0 Å². The van der Waals surface area contributed by atoms with Crippen LogP contribution in [0.15, 0.2) is 0 Å². The minimum absolute atomic E-state index is 0.564. The minimum atomic E-state index is -1.84. The summed E-state index contributed by atoms with van der Waals surface area (Å²) < 4.78 is 27.0. The maximum absolute atomic E-state index is 11.8. The first kappa shape index (κ1) is 30.4. The summed E-state index contributed by atoms with van der Waals surface area (Å²) in [6.45, 7) is -0.959. The van der Waals surface area contributed by atoms with Crippen molar-refractivity contribution in [3.05, 3.63) is 0 Å². The molecule has 0 radical (unpaired) electrons. The third-order valence-corrected chi connectivity index (χ3v) is 6.47. The van der Waals surface area contributed by atoms with Gasteiger partial charge >= 0.3 is 0 Å². The molecule has 0 spiro atoms. The Morgan fingerprint density at radius 3 is 1.86 bits per heavy atom. The monoisotopic (exact) mass is 545 g/mol. The summed E-state index contributed by atoms with van der Waals surface area (Å²) in [5, 5.41) is 102. The van der Waals surface area contributed by atoms with Crippen LogP contribution in [0.3, 0.4) is 0 Å². The van der Waals surface area contributed by atoms with Crippen LogP contribution in [0.25, 0.3) is 0 Å². The molecule has 37 heavy (non-hydrogen) atoms. The van der Waals surface area contributed by atoms with Crippen molar-refractivity contribution in [2.24, 2.45) is 0 Å². The quantitative estimate of drug-likeness (QED) is 0.135. The normalized spacial score (nSPS) is 49.0. The van der Waals surface area contributed by atoms with E-state index in [0.717, 1.165) is 6.92 Å². The largest absolute Gasteiger partial charge is 0.394 e. The van der Waals surface area contributed by atoms with Gasteiger partial charge in [-0.3, -0.25) is 4.79 Å². The van der Waals surface area contributed by atoms with Crippen molar-refractivity contribution in [3.8, 4) is 0 Å². The fourth-order valence-corrected chi connectivity index (χ4v) is 4.36. The highest BCUT2D eigenvalue weighted by Crippen LogP contribution is 2.30. The molecule has 216 valence electrons. The number of hydrogen-bond donors (Lipinski definition) is 11. The molecule has 3 rings (SSSR count). The van der Waals surface area contributed by atoms with Crippen LogP contribution in [0, 0.1) is 0 Å². The number of hydrogen-bond acceptors (Lipinski definition) is 16. The summed E-state index contributed by atoms with van der Waals surface area (Å²) in [7, 11) is 0. The molecule has 11 N–H and O–H groups in total. The molecule has 0 saturated carbocycles. The fourth-order valence-electron chi connectivity index (χ4n) is 4.36. The molecule has 17 heteroatoms. The number of ether oxygens (including phenoxy) is 5. The molecule has 15 atom stereocenters. The number of amides is 1. The van der Waals surface area contributed by atoms with Crippen molar-refractivity contribution in [1.82, 2.24) is 5.32 Å². The van der Waals surface area contributed by atoms with E-state index < -0.39 is 118 Å². The van der Waals surface area contributed by atoms with Crippen molar-refractivity contribution in [2.45, 2.75) is 99.0 Å². The molecule has 0 aliphatic carbocycles. The molecule has 1 amide bonds. The molecule has 0 unspecified atom stereocenters. The van der Waals surface area contributed by atoms with Gasteiger partial charge in [-0.05, 0) is 0 Å². The van der Waals surface area contributed by atoms with E-state index >= 15 is 0 Å². The Morgan fingerprint density at radius 1 is 0.703 bits per heavy atom. The van der Waals surface area contributed by atoms with E-state index in [9.17, 15) is 55.9 Å². The second kappa shape index (κ2) is 12.8. The van der Waals surface area contributed by atoms with Gasteiger partial charge in [0.05, 0.1) is 19.8 Å². The summed E-state index contributed by atoms with van der Waals surface area (Å²) in [5.74, 6) is -0.641. The minimum Gasteiger partial charge on any atom is -0.394 e. The van der Waals surface area contributed by atoms with Crippen molar-refractivity contribution < 1.29 is 79.5 Å². The zero-order valence-electron chi connectivity index (χ0n) is 19.7. The first-order valence-corrected chi connectivity index (χ1v) is 11.6. The predicted octanol–water partition coefficient (Wildman–Crippen LogP) is -7.43. The van der Waals surface area contributed by atoms with Crippen LogP contribution in [0.1, 0.15) is 6.92 Å². The molecule has 3 aliphatic heterocycles. The van der Waals surface area contributed by atoms with Crippen molar-refractivity contribution in [3.63, 3.8) is 0 Å². The molecular weight excluding hydrogens is 510 g/mol. The van der Waals surface area contributed by atoms with Crippen LogP contribution < -0.4 is 5.32 Å². The van der Waals surface area contributed by atoms with E-state index in [4.69, 9.17) is 23.7 Å². The summed E-state index contributed by atoms with van der Waals surface area (Å²) >= 11 is 0. The van der Waals surface area contributed by atoms with Crippen LogP contribution in [0.2, 0.25) is 0 Å². The lowest BCUT2D eigenvalue weighted by molar-refractivity contribution is -0.352. The van der Waals surface area contributed by atoms with Gasteiger partial charge in [0.25, 0.3) is 0 Å². The Morgan fingerprint density at radius 2 is 1.27 bits per heavy atom. The van der Waals surface area contributed by atoms with Gasteiger partial charge in [-0.1, -0.05) is 0 Å². The number of carbonyl (C=O) groups excluding carboxylic acids is 1. The molecule has 0 aromatic carbocycles. The van der Waals surface area contributed by atoms with Gasteiger partial charge in [0, 0.05) is 6.92 Å². The van der Waals surface area contributed by atoms with E-state index in [0.29, 0.717) is 0 Å². The van der Waals surface area contributed by atoms with Gasteiger partial charge in [-0.25, -0.2) is 0 Å². The van der Waals surface area contributed by atoms with Crippen LogP contribution in [0.4, 0.5) is 0 Å². The first-order chi connectivity index (χ1) is 17.4. The molecule has 0 aromatic heterocycles. The maximum Gasteiger partial charge on any atom is 0.217 e. The smallest absolute Gasteiger partial charge is 0.217 e. The van der Waals surface area contributed by atoms with Gasteiger partial charge in [0.2, 0.25) is 5.91 Å². The summed E-state index contributed by atoms with van der Waals surface area (Å²) in [5.41, 5.74) is 0. The van der Waals surface area contributed by atoms with Gasteiger partial charge in [-0.15, -0.1) is 0 Å². The summed E-state index contributed by atoms with van der Waals surface area (Å²) in [6.07, 6.45) is -22.7. The van der Waals surface area contributed by atoms with Crippen molar-refractivity contribution in [1.29, 1.82) is 0 Å². The van der Waals surface area contributed by atoms with E-state index in [2.05, 4.69) is 5.32 Å². The van der Waals surface area contributed by atoms with Crippen LogP contribution in [-0.2, 0) is 28.5 Å². The van der Waals surface area contributed by atoms with Gasteiger partial charge in [0.15, 0.2) is 18.9 Å². The zero-order chi connectivity index (χ0) is 27.6. The second-order valence-electron chi connectivity index (χ2n) is 9.11. The lowest BCUT2D eigenvalue weighted by Crippen LogP contribution is -2.68. The molecule has 3 saturated heterocycles. The SMILES string of the molecule is CC(=O)N[C@H]1[C@@H](OC[C@H]2O[C@@H](O)[C@@H](O)[C@@H](O)[C@H]2O)O[C@@H](CO)[C@@H](O[C@H]2O[C@@H](CO)[C@@H](O)[C@@H](O)[C@H]2O)[C@@H]1O. The van der Waals surface area contributed by atoms with Crippen LogP contribution in [-0.4, -0.2) is 169 Å². The lowest BCUT2D eigenvalue weighted by atomic mass is 9.95. The first-order valence-electron chi connectivity index (χ1n) is 11.6. The summed E-state index contributed by atoms with van der Waals surface area (Å²) in [6, 6.07) is -1.38. The molecule has 3 heterocycles. The Hall–Kier alpha value is -1.13. The number of aliphatic hydroxyl groups is 10. The Kier molecular flexibility index (Phi) is 10.5. The molecule has 0 bridgehead atoms. The number of aliphatic hydroxyl groups excluding tert-OH is 10. The third kappa shape index (κ3) is 6.55. The number of nitrogens with one attached hydrogen (secondary N) is 1. The van der Waals surface area contributed by atoms with Gasteiger partial charge in [0.1, 0.15) is 73.2 Å². The predicted molar refractivity (Wildman–Crippen MR) is 113 cm³/mol. The number of rotatable bonds is 8. The molecule has 0 aromatic rings. The van der Waals surface area contributed by atoms with Crippen molar-refractivity contribution >= 4 is 5.91 Å². The highest BCUT2D eigenvalue weighted by molar-refractivity contribution is 5.73. The van der Waals surface area contributed by atoms with Crippen LogP contribution >= 0.6 is 0 Å². The molecule has 3 aliphatic rings. The number of carbonyl (C=O) groups is 1. The lowest BCUT2D eigenvalue weighted by Gasteiger charge is -2.47. The highest BCUT2D eigenvalue weighted by atomic mass is 16.7. The topological polar surface area (TPSA) is 278 Å². The molecule has 3 fully saturated rings. The highest BCUT2D eigenvalue weighted by Gasteiger charge is 2.52. The molecule has 17 nitrogen and oxygen atoms in total. The van der Waals surface area contributed by atoms with E-state index in [-0.39, 0.29) is 0 Å². The zero-order valence-corrected chi connectivity index (χ0v) is 19.7. The summed E-state index contributed by atoms with van der Waals surface area (Å²) in [4.78, 5) is 11.8. The third-order valence-electron chi connectivity index (χ3n) is 6.47. The Labute approximate surface area is 210 Å². The Balaban J connectivity index is 1.74. The maximum atomic E-state index is 11.8. The Bertz CT molecular complexity index is 745. The van der Waals surface area contributed by atoms with Crippen LogP contribution in [0.5, 0.6) is 0 Å². The average Bonchev–Trinajstić information content (AvgIpc) is 2.86. The average molecular weight is 545 g/mol. The molecular formula is C20H35NO16. The van der Waals surface area contributed by atoms with Gasteiger partial charge in [-0.2, -0.15) is 0 Å². The van der Waals surface area contributed by atoms with E-state index in [1.54, 1.807) is 0 Å². The van der Waals surface area contributed by atoms with Gasteiger partial charge < -0.3 is 80.1 Å². The fraction of sp³-hybridized carbons (Fsp3) is 0.950. The van der Waals surface area contributed by atoms with E-state index in [1.807, 2.05) is 0 Å². The second-order valence-corrected chi connectivity index (χ2v) is 9.11. The standard InChI is InChI=1S/C20H35NO16/c1-5(24)21-9-12(27)17(37-20-16(31)14(29)10(25)6(2-22)35-20)7(3-23)36-19(9)33-4-8-11(26)13(28)15(30)18(32)34-8/h6-20,22-23,25-32H,2-4H2,1H3,(H,21,24)/t6-,7-,8+,9+,10+,11-,12+,13-,14+,15-,16+,17+,18+,19-,20+/m0/s1. The van der Waals surface area contributed by atoms with Crippen molar-refractivity contribution in [2.75, 3.05) is 19.8 Å².